The number of ether oxygens (including phenoxy) is 4. The molecule has 0 spiro atoms. The number of nitrogens with zero attached hydrogens (tertiary/aromatic N) is 4. The van der Waals surface area contributed by atoms with Crippen LogP contribution in [0.2, 0.25) is 0 Å². The van der Waals surface area contributed by atoms with E-state index in [1.807, 2.05) is 0 Å². The first-order valence-corrected chi connectivity index (χ1v) is 9.71. The number of hydrogen-bond acceptors (Lipinski definition) is 10. The van der Waals surface area contributed by atoms with Gasteiger partial charge < -0.3 is 23.8 Å². The minimum Gasteiger partial charge on any atom is -0.493 e. The maximum absolute atomic E-state index is 14.1. The first-order valence-electron chi connectivity index (χ1n) is 9.71. The van der Waals surface area contributed by atoms with E-state index in [1.165, 1.54) is 13.3 Å². The van der Waals surface area contributed by atoms with Crippen molar-refractivity contribution in [2.45, 2.75) is 6.92 Å². The molecule has 1 aromatic heterocycles. The zero-order chi connectivity index (χ0) is 22.1. The van der Waals surface area contributed by atoms with E-state index in [4.69, 9.17) is 18.9 Å². The van der Waals surface area contributed by atoms with Crippen LogP contribution in [-0.4, -0.2) is 68.8 Å². The van der Waals surface area contributed by atoms with Crippen molar-refractivity contribution >= 4 is 24.0 Å². The number of esters is 1. The maximum atomic E-state index is 14.1. The van der Waals surface area contributed by atoms with Crippen LogP contribution in [-0.2, 0) is 14.3 Å². The first kappa shape index (κ1) is 22.2. The van der Waals surface area contributed by atoms with Crippen LogP contribution in [0.3, 0.4) is 0 Å². The van der Waals surface area contributed by atoms with Crippen molar-refractivity contribution < 1.29 is 28.1 Å². The van der Waals surface area contributed by atoms with Gasteiger partial charge in [-0.1, -0.05) is 0 Å². The van der Waals surface area contributed by atoms with Gasteiger partial charge in [-0.15, -0.1) is 0 Å². The topological polar surface area (TPSA) is 107 Å². The molecular formula is C20H24FN5O5. The van der Waals surface area contributed by atoms with Crippen molar-refractivity contribution in [3.05, 3.63) is 35.8 Å². The first-order chi connectivity index (χ1) is 15.1. The Bertz CT molecular complexity index is 921. The van der Waals surface area contributed by atoms with Gasteiger partial charge in [0.2, 0.25) is 5.95 Å². The number of rotatable bonds is 9. The number of hydrogen-bond donors (Lipinski definition) is 1. The van der Waals surface area contributed by atoms with Crippen molar-refractivity contribution in [1.82, 2.24) is 9.97 Å². The Morgan fingerprint density at radius 3 is 2.90 bits per heavy atom. The summed E-state index contributed by atoms with van der Waals surface area (Å²) in [6, 6.07) is 5.10. The second-order valence-electron chi connectivity index (χ2n) is 6.34. The molecule has 10 nitrogen and oxygen atoms in total. The summed E-state index contributed by atoms with van der Waals surface area (Å²) in [5.74, 6) is 0.213. The molecule has 2 aromatic rings. The summed E-state index contributed by atoms with van der Waals surface area (Å²) < 4.78 is 35.0. The Morgan fingerprint density at radius 2 is 2.16 bits per heavy atom. The lowest BCUT2D eigenvalue weighted by Crippen LogP contribution is -2.37. The van der Waals surface area contributed by atoms with Crippen LogP contribution in [0.4, 0.5) is 16.2 Å². The normalized spacial score (nSPS) is 13.8. The summed E-state index contributed by atoms with van der Waals surface area (Å²) in [5, 5.41) is 4.10. The van der Waals surface area contributed by atoms with Gasteiger partial charge in [0, 0.05) is 13.1 Å². The molecule has 31 heavy (non-hydrogen) atoms. The third kappa shape index (κ3) is 6.25. The molecular weight excluding hydrogens is 409 g/mol. The van der Waals surface area contributed by atoms with Crippen LogP contribution in [0, 0.1) is 5.82 Å². The minimum absolute atomic E-state index is 0.159. The van der Waals surface area contributed by atoms with Crippen molar-refractivity contribution in [2.75, 3.05) is 57.0 Å². The molecule has 3 rings (SSSR count). The van der Waals surface area contributed by atoms with Crippen molar-refractivity contribution in [1.29, 1.82) is 0 Å². The lowest BCUT2D eigenvalue weighted by molar-refractivity contribution is -0.145. The van der Waals surface area contributed by atoms with Gasteiger partial charge in [-0.05, 0) is 30.7 Å². The molecule has 0 radical (unpaired) electrons. The average Bonchev–Trinajstić information content (AvgIpc) is 2.79. The lowest BCUT2D eigenvalue weighted by Gasteiger charge is -2.27. The molecule has 0 aliphatic carbocycles. The molecule has 1 saturated heterocycles. The molecule has 1 aromatic carbocycles. The summed E-state index contributed by atoms with van der Waals surface area (Å²) >= 11 is 0. The highest BCUT2D eigenvalue weighted by Crippen LogP contribution is 2.27. The molecule has 0 amide bonds. The number of aromatic nitrogens is 2. The Labute approximate surface area is 179 Å². The van der Waals surface area contributed by atoms with E-state index in [0.29, 0.717) is 43.4 Å². The summed E-state index contributed by atoms with van der Waals surface area (Å²) in [4.78, 5) is 21.4. The van der Waals surface area contributed by atoms with Gasteiger partial charge in [-0.2, -0.15) is 10.1 Å². The SMILES string of the molecule is CCOC(=O)COc1cc(/C=N\Nc2ncc(F)c(N3CCOCC3)n2)ccc1OC. The molecule has 0 unspecified atom stereocenters. The second-order valence-corrected chi connectivity index (χ2v) is 6.34. The van der Waals surface area contributed by atoms with Gasteiger partial charge in [0.25, 0.3) is 0 Å². The van der Waals surface area contributed by atoms with Gasteiger partial charge in [0.05, 0.1) is 39.3 Å². The Hall–Kier alpha value is -3.47. The maximum Gasteiger partial charge on any atom is 0.344 e. The molecule has 0 bridgehead atoms. The van der Waals surface area contributed by atoms with Crippen molar-refractivity contribution in [3.8, 4) is 11.5 Å². The number of hydrazone groups is 1. The van der Waals surface area contributed by atoms with Crippen LogP contribution in [0.15, 0.2) is 29.5 Å². The number of benzene rings is 1. The fourth-order valence-electron chi connectivity index (χ4n) is 2.80. The number of halogens is 1. The van der Waals surface area contributed by atoms with Gasteiger partial charge in [0.15, 0.2) is 29.7 Å². The van der Waals surface area contributed by atoms with Gasteiger partial charge in [0.1, 0.15) is 0 Å². The van der Waals surface area contributed by atoms with Gasteiger partial charge in [-0.3, -0.25) is 0 Å². The number of methoxy groups -OCH3 is 1. The molecule has 2 heterocycles. The van der Waals surface area contributed by atoms with E-state index in [0.717, 1.165) is 6.20 Å². The molecule has 1 N–H and O–H groups in total. The third-order valence-electron chi connectivity index (χ3n) is 4.25. The molecule has 166 valence electrons. The number of nitrogens with one attached hydrogen (secondary N) is 1. The zero-order valence-corrected chi connectivity index (χ0v) is 17.3. The smallest absolute Gasteiger partial charge is 0.344 e. The van der Waals surface area contributed by atoms with Crippen LogP contribution in [0.1, 0.15) is 12.5 Å². The summed E-state index contributed by atoms with van der Waals surface area (Å²) in [6.07, 6.45) is 2.61. The number of carbonyl (C=O) groups is 1. The van der Waals surface area contributed by atoms with E-state index in [-0.39, 0.29) is 25.0 Å². The molecule has 11 heteroatoms. The van der Waals surface area contributed by atoms with E-state index in [9.17, 15) is 9.18 Å². The summed E-state index contributed by atoms with van der Waals surface area (Å²) in [6.45, 7) is 3.89. The standard InChI is InChI=1S/C20H24FN5O5/c1-3-30-18(27)13-31-17-10-14(4-5-16(17)28-2)11-23-25-20-22-12-15(21)19(24-20)26-6-8-29-9-7-26/h4-5,10-12H,3,6-9,13H2,1-2H3,(H,22,24,25)/b23-11-. The predicted molar refractivity (Wildman–Crippen MR) is 111 cm³/mol. The quantitative estimate of drug-likeness (QED) is 0.360. The molecule has 1 aliphatic rings. The highest BCUT2D eigenvalue weighted by molar-refractivity contribution is 5.81. The van der Waals surface area contributed by atoms with Crippen LogP contribution in [0.25, 0.3) is 0 Å². The van der Waals surface area contributed by atoms with E-state index in [1.54, 1.807) is 30.0 Å². The highest BCUT2D eigenvalue weighted by Gasteiger charge is 2.17. The number of anilines is 2. The number of carbonyl (C=O) groups excluding carboxylic acids is 1. The largest absolute Gasteiger partial charge is 0.493 e. The monoisotopic (exact) mass is 433 g/mol. The second kappa shape index (κ2) is 11.1. The van der Waals surface area contributed by atoms with E-state index < -0.39 is 11.8 Å². The predicted octanol–water partition coefficient (Wildman–Crippen LogP) is 1.85. The molecule has 0 atom stereocenters. The van der Waals surface area contributed by atoms with E-state index in [2.05, 4.69) is 20.5 Å². The van der Waals surface area contributed by atoms with Crippen molar-refractivity contribution in [2.24, 2.45) is 5.10 Å². The van der Waals surface area contributed by atoms with Crippen LogP contribution >= 0.6 is 0 Å². The van der Waals surface area contributed by atoms with Crippen LogP contribution < -0.4 is 19.8 Å². The molecule has 0 saturated carbocycles. The van der Waals surface area contributed by atoms with Gasteiger partial charge >= 0.3 is 5.97 Å². The Morgan fingerprint density at radius 1 is 1.35 bits per heavy atom. The average molecular weight is 433 g/mol. The summed E-state index contributed by atoms with van der Waals surface area (Å²) in [7, 11) is 1.50. The minimum atomic E-state index is -0.505. The Balaban J connectivity index is 1.66. The summed E-state index contributed by atoms with van der Waals surface area (Å²) in [5.41, 5.74) is 3.36. The Kier molecular flexibility index (Phi) is 7.93. The van der Waals surface area contributed by atoms with E-state index >= 15 is 0 Å². The zero-order valence-electron chi connectivity index (χ0n) is 17.3. The lowest BCUT2D eigenvalue weighted by atomic mass is 10.2. The fourth-order valence-corrected chi connectivity index (χ4v) is 2.80. The van der Waals surface area contributed by atoms with Crippen LogP contribution in [0.5, 0.6) is 11.5 Å². The van der Waals surface area contributed by atoms with Crippen molar-refractivity contribution in [3.63, 3.8) is 0 Å². The van der Waals surface area contributed by atoms with Gasteiger partial charge in [-0.25, -0.2) is 19.6 Å². The highest BCUT2D eigenvalue weighted by atomic mass is 19.1. The molecule has 1 fully saturated rings. The third-order valence-corrected chi connectivity index (χ3v) is 4.25. The molecule has 1 aliphatic heterocycles. The number of morpholine rings is 1. The fraction of sp³-hybridized carbons (Fsp3) is 0.400.